The molecule has 0 unspecified atom stereocenters. The minimum absolute atomic E-state index is 0.221. The van der Waals surface area contributed by atoms with E-state index in [1.165, 1.54) is 29.1 Å². The Morgan fingerprint density at radius 1 is 1.13 bits per heavy atom. The maximum absolute atomic E-state index is 13.1. The highest BCUT2D eigenvalue weighted by atomic mass is 35.5. The van der Waals surface area contributed by atoms with E-state index in [2.05, 4.69) is 0 Å². The second kappa shape index (κ2) is 10.2. The standard InChI is InChI=1S/C23H20ClNO5S/c1-3-30-21(26)13-20-25(14-15-8-10-16(11-9-15)23(28)29-2)22(27)19(31-20)12-17-6-4-5-7-18(17)24/h4-13H,3,14H2,1-2H3/b19-12+,20-13-. The fourth-order valence-electron chi connectivity index (χ4n) is 2.86. The average molecular weight is 458 g/mol. The SMILES string of the molecule is CCOC(=O)/C=c1\s/c(=C/c2ccccc2Cl)c(=O)n1Cc1ccc(C(=O)OC)cc1. The summed E-state index contributed by atoms with van der Waals surface area (Å²) in [5, 5.41) is 0.524. The van der Waals surface area contributed by atoms with Gasteiger partial charge in [-0.2, -0.15) is 0 Å². The van der Waals surface area contributed by atoms with E-state index in [1.54, 1.807) is 43.3 Å². The highest BCUT2D eigenvalue weighted by molar-refractivity contribution is 7.07. The molecular weight excluding hydrogens is 438 g/mol. The van der Waals surface area contributed by atoms with E-state index in [0.29, 0.717) is 25.3 Å². The smallest absolute Gasteiger partial charge is 0.337 e. The first-order valence-corrected chi connectivity index (χ1v) is 10.6. The molecule has 0 fully saturated rings. The van der Waals surface area contributed by atoms with Crippen LogP contribution in [0.5, 0.6) is 0 Å². The van der Waals surface area contributed by atoms with Crippen LogP contribution in [0.25, 0.3) is 12.2 Å². The van der Waals surface area contributed by atoms with Crippen LogP contribution >= 0.6 is 22.9 Å². The summed E-state index contributed by atoms with van der Waals surface area (Å²) < 4.78 is 12.1. The average Bonchev–Trinajstić information content (AvgIpc) is 3.04. The predicted octanol–water partition coefficient (Wildman–Crippen LogP) is 2.57. The van der Waals surface area contributed by atoms with Gasteiger partial charge in [0, 0.05) is 5.02 Å². The first-order chi connectivity index (χ1) is 14.9. The van der Waals surface area contributed by atoms with Gasteiger partial charge in [0.15, 0.2) is 0 Å². The molecule has 0 saturated carbocycles. The van der Waals surface area contributed by atoms with Gasteiger partial charge in [0.05, 0.1) is 36.4 Å². The number of ether oxygens (including phenoxy) is 2. The molecule has 0 aliphatic rings. The Morgan fingerprint density at radius 3 is 2.48 bits per heavy atom. The second-order valence-corrected chi connectivity index (χ2v) is 7.92. The summed E-state index contributed by atoms with van der Waals surface area (Å²) in [6.07, 6.45) is 3.01. The molecule has 0 amide bonds. The number of halogens is 1. The van der Waals surface area contributed by atoms with Crippen molar-refractivity contribution in [3.63, 3.8) is 0 Å². The van der Waals surface area contributed by atoms with Crippen LogP contribution in [0.4, 0.5) is 0 Å². The molecule has 0 aliphatic carbocycles. The Kier molecular flexibility index (Phi) is 7.44. The molecule has 1 heterocycles. The van der Waals surface area contributed by atoms with Crippen LogP contribution in [0.1, 0.15) is 28.4 Å². The van der Waals surface area contributed by atoms with E-state index in [9.17, 15) is 14.4 Å². The van der Waals surface area contributed by atoms with Gasteiger partial charge in [-0.1, -0.05) is 41.9 Å². The summed E-state index contributed by atoms with van der Waals surface area (Å²) in [6.45, 7) is 2.17. The molecular formula is C23H20ClNO5S. The number of carbonyl (C=O) groups is 2. The number of thiazole rings is 1. The fraction of sp³-hybridized carbons (Fsp3) is 0.174. The van der Waals surface area contributed by atoms with Crippen molar-refractivity contribution in [1.29, 1.82) is 0 Å². The van der Waals surface area contributed by atoms with Gasteiger partial charge in [-0.3, -0.25) is 9.36 Å². The Balaban J connectivity index is 2.08. The summed E-state index contributed by atoms with van der Waals surface area (Å²) in [5.41, 5.74) is 1.66. The van der Waals surface area contributed by atoms with Crippen LogP contribution in [0.15, 0.2) is 53.3 Å². The summed E-state index contributed by atoms with van der Waals surface area (Å²) >= 11 is 7.41. The number of methoxy groups -OCH3 is 1. The summed E-state index contributed by atoms with van der Waals surface area (Å²) in [5.74, 6) is -0.963. The number of aromatic nitrogens is 1. The summed E-state index contributed by atoms with van der Waals surface area (Å²) in [7, 11) is 1.32. The highest BCUT2D eigenvalue weighted by Crippen LogP contribution is 2.15. The quantitative estimate of drug-likeness (QED) is 0.532. The van der Waals surface area contributed by atoms with E-state index >= 15 is 0 Å². The molecule has 0 spiro atoms. The topological polar surface area (TPSA) is 74.6 Å². The van der Waals surface area contributed by atoms with Gasteiger partial charge in [-0.05, 0) is 42.3 Å². The number of benzene rings is 2. The van der Waals surface area contributed by atoms with E-state index in [1.807, 2.05) is 18.2 Å². The lowest BCUT2D eigenvalue weighted by Crippen LogP contribution is -2.32. The van der Waals surface area contributed by atoms with Gasteiger partial charge in [0.2, 0.25) is 0 Å². The van der Waals surface area contributed by atoms with Crippen LogP contribution in [0, 0.1) is 0 Å². The highest BCUT2D eigenvalue weighted by Gasteiger charge is 2.10. The molecule has 0 aliphatic heterocycles. The van der Waals surface area contributed by atoms with E-state index in [0.717, 1.165) is 5.56 Å². The first kappa shape index (κ1) is 22.5. The monoisotopic (exact) mass is 457 g/mol. The van der Waals surface area contributed by atoms with E-state index < -0.39 is 11.9 Å². The molecule has 0 saturated heterocycles. The van der Waals surface area contributed by atoms with Gasteiger partial charge in [0.1, 0.15) is 4.66 Å². The third-order valence-corrected chi connectivity index (χ3v) is 5.78. The number of hydrogen-bond acceptors (Lipinski definition) is 6. The third kappa shape index (κ3) is 5.51. The molecule has 0 radical (unpaired) electrons. The largest absolute Gasteiger partial charge is 0.465 e. The lowest BCUT2D eigenvalue weighted by atomic mass is 10.1. The van der Waals surface area contributed by atoms with Crippen molar-refractivity contribution in [2.45, 2.75) is 13.5 Å². The second-order valence-electron chi connectivity index (χ2n) is 6.45. The Bertz CT molecular complexity index is 1270. The molecule has 31 heavy (non-hydrogen) atoms. The van der Waals surface area contributed by atoms with Gasteiger partial charge in [-0.15, -0.1) is 11.3 Å². The Morgan fingerprint density at radius 2 is 1.84 bits per heavy atom. The van der Waals surface area contributed by atoms with Crippen molar-refractivity contribution in [3.05, 3.63) is 89.8 Å². The first-order valence-electron chi connectivity index (χ1n) is 9.44. The van der Waals surface area contributed by atoms with Crippen LogP contribution in [-0.4, -0.2) is 30.2 Å². The van der Waals surface area contributed by atoms with Crippen molar-refractivity contribution in [1.82, 2.24) is 4.57 Å². The Hall–Kier alpha value is -3.16. The molecule has 2 aromatic carbocycles. The van der Waals surface area contributed by atoms with Crippen molar-refractivity contribution in [2.24, 2.45) is 0 Å². The van der Waals surface area contributed by atoms with Crippen molar-refractivity contribution in [2.75, 3.05) is 13.7 Å². The van der Waals surface area contributed by atoms with Crippen LogP contribution in [-0.2, 0) is 20.8 Å². The lowest BCUT2D eigenvalue weighted by Gasteiger charge is -2.04. The summed E-state index contributed by atoms with van der Waals surface area (Å²) in [6, 6.07) is 13.9. The normalized spacial score (nSPS) is 12.1. The Labute approximate surface area is 187 Å². The number of rotatable bonds is 6. The molecule has 8 heteroatoms. The van der Waals surface area contributed by atoms with Gasteiger partial charge in [0.25, 0.3) is 5.56 Å². The zero-order chi connectivity index (χ0) is 22.4. The molecule has 0 atom stereocenters. The molecule has 1 aromatic heterocycles. The maximum Gasteiger partial charge on any atom is 0.337 e. The number of hydrogen-bond donors (Lipinski definition) is 0. The molecule has 0 bridgehead atoms. The maximum atomic E-state index is 13.1. The predicted molar refractivity (Wildman–Crippen MR) is 121 cm³/mol. The van der Waals surface area contributed by atoms with Crippen LogP contribution in [0.3, 0.4) is 0 Å². The minimum Gasteiger partial charge on any atom is -0.465 e. The van der Waals surface area contributed by atoms with Crippen LogP contribution in [0.2, 0.25) is 5.02 Å². The minimum atomic E-state index is -0.525. The zero-order valence-corrected chi connectivity index (χ0v) is 18.5. The van der Waals surface area contributed by atoms with E-state index in [-0.39, 0.29) is 18.7 Å². The molecule has 3 aromatic rings. The van der Waals surface area contributed by atoms with Crippen LogP contribution < -0.4 is 14.8 Å². The van der Waals surface area contributed by atoms with Gasteiger partial charge >= 0.3 is 11.9 Å². The fourth-order valence-corrected chi connectivity index (χ4v) is 4.07. The van der Waals surface area contributed by atoms with E-state index in [4.69, 9.17) is 21.1 Å². The molecule has 6 nitrogen and oxygen atoms in total. The number of carbonyl (C=O) groups excluding carboxylic acids is 2. The number of esters is 2. The zero-order valence-electron chi connectivity index (χ0n) is 17.0. The molecule has 3 rings (SSSR count). The van der Waals surface area contributed by atoms with Crippen molar-refractivity contribution >= 4 is 47.0 Å². The molecule has 0 N–H and O–H groups in total. The van der Waals surface area contributed by atoms with Gasteiger partial charge < -0.3 is 9.47 Å². The van der Waals surface area contributed by atoms with Crippen molar-refractivity contribution in [3.8, 4) is 0 Å². The lowest BCUT2D eigenvalue weighted by molar-refractivity contribution is -0.135. The third-order valence-electron chi connectivity index (χ3n) is 4.37. The van der Waals surface area contributed by atoms with Crippen molar-refractivity contribution < 1.29 is 19.1 Å². The number of nitrogens with zero attached hydrogens (tertiary/aromatic N) is 1. The molecule has 160 valence electrons. The van der Waals surface area contributed by atoms with Gasteiger partial charge in [-0.25, -0.2) is 9.59 Å². The summed E-state index contributed by atoms with van der Waals surface area (Å²) in [4.78, 5) is 36.8.